The van der Waals surface area contributed by atoms with Crippen LogP contribution in [0.1, 0.15) is 17.9 Å². The van der Waals surface area contributed by atoms with Crippen molar-refractivity contribution < 1.29 is 9.32 Å². The molecule has 0 saturated heterocycles. The fourth-order valence-corrected chi connectivity index (χ4v) is 2.61. The van der Waals surface area contributed by atoms with E-state index < -0.39 is 0 Å². The molecule has 6 nitrogen and oxygen atoms in total. The van der Waals surface area contributed by atoms with Gasteiger partial charge in [0.25, 0.3) is 0 Å². The standard InChI is InChI=1S/C17H14Cl2N4O2/c18-13-4-3-11(14(19)8-13)10-21-15(24)5-6-16-22-17(23-25-16)12-2-1-7-20-9-12/h1-4,7-9H,5-6,10H2,(H,21,24). The highest BCUT2D eigenvalue weighted by Gasteiger charge is 2.11. The van der Waals surface area contributed by atoms with Crippen molar-refractivity contribution in [2.24, 2.45) is 0 Å². The van der Waals surface area contributed by atoms with Crippen LogP contribution in [0, 0.1) is 0 Å². The number of hydrogen-bond acceptors (Lipinski definition) is 5. The van der Waals surface area contributed by atoms with E-state index in [1.54, 1.807) is 36.7 Å². The number of rotatable bonds is 6. The van der Waals surface area contributed by atoms with Crippen molar-refractivity contribution in [3.63, 3.8) is 0 Å². The van der Waals surface area contributed by atoms with Gasteiger partial charge in [0.1, 0.15) is 0 Å². The molecule has 0 radical (unpaired) electrons. The zero-order chi connectivity index (χ0) is 17.6. The van der Waals surface area contributed by atoms with E-state index in [1.807, 2.05) is 6.07 Å². The first-order chi connectivity index (χ1) is 12.1. The minimum Gasteiger partial charge on any atom is -0.352 e. The average Bonchev–Trinajstić information content (AvgIpc) is 3.09. The van der Waals surface area contributed by atoms with Crippen LogP contribution in [0.15, 0.2) is 47.2 Å². The number of aryl methyl sites for hydroxylation is 1. The molecule has 128 valence electrons. The van der Waals surface area contributed by atoms with Crippen molar-refractivity contribution in [3.8, 4) is 11.4 Å². The van der Waals surface area contributed by atoms with Crippen molar-refractivity contribution >= 4 is 29.1 Å². The van der Waals surface area contributed by atoms with Crippen molar-refractivity contribution in [3.05, 3.63) is 64.2 Å². The molecule has 0 saturated carbocycles. The molecule has 3 aromatic rings. The SMILES string of the molecule is O=C(CCc1nc(-c2cccnc2)no1)NCc1ccc(Cl)cc1Cl. The molecule has 0 unspecified atom stereocenters. The normalized spacial score (nSPS) is 10.6. The molecule has 3 rings (SSSR count). The summed E-state index contributed by atoms with van der Waals surface area (Å²) in [5.41, 5.74) is 1.57. The summed E-state index contributed by atoms with van der Waals surface area (Å²) in [5.74, 6) is 0.724. The van der Waals surface area contributed by atoms with Gasteiger partial charge in [0, 0.05) is 47.4 Å². The van der Waals surface area contributed by atoms with Gasteiger partial charge in [-0.15, -0.1) is 0 Å². The number of aromatic nitrogens is 3. The van der Waals surface area contributed by atoms with Gasteiger partial charge in [-0.2, -0.15) is 4.98 Å². The smallest absolute Gasteiger partial charge is 0.227 e. The van der Waals surface area contributed by atoms with E-state index in [-0.39, 0.29) is 12.3 Å². The fourth-order valence-electron chi connectivity index (χ4n) is 2.14. The van der Waals surface area contributed by atoms with E-state index in [1.165, 1.54) is 0 Å². The van der Waals surface area contributed by atoms with Crippen LogP contribution in [-0.4, -0.2) is 21.0 Å². The molecule has 0 atom stereocenters. The summed E-state index contributed by atoms with van der Waals surface area (Å²) >= 11 is 11.9. The number of carbonyl (C=O) groups excluding carboxylic acids is 1. The summed E-state index contributed by atoms with van der Waals surface area (Å²) in [7, 11) is 0. The maximum absolute atomic E-state index is 12.0. The summed E-state index contributed by atoms with van der Waals surface area (Å²) in [4.78, 5) is 20.2. The molecular formula is C17H14Cl2N4O2. The van der Waals surface area contributed by atoms with E-state index >= 15 is 0 Å². The molecule has 0 aliphatic carbocycles. The topological polar surface area (TPSA) is 80.9 Å². The second-order valence-electron chi connectivity index (χ2n) is 5.27. The number of amides is 1. The molecular weight excluding hydrogens is 363 g/mol. The van der Waals surface area contributed by atoms with E-state index in [0.29, 0.717) is 34.7 Å². The molecule has 1 amide bonds. The number of pyridine rings is 1. The van der Waals surface area contributed by atoms with E-state index in [2.05, 4.69) is 20.4 Å². The molecule has 0 aliphatic heterocycles. The average molecular weight is 377 g/mol. The Labute approximate surface area is 154 Å². The van der Waals surface area contributed by atoms with Crippen molar-refractivity contribution in [1.29, 1.82) is 0 Å². The molecule has 2 aromatic heterocycles. The third-order valence-corrected chi connectivity index (χ3v) is 4.03. The highest BCUT2D eigenvalue weighted by molar-refractivity contribution is 6.35. The Morgan fingerprint density at radius 2 is 2.12 bits per heavy atom. The third kappa shape index (κ3) is 4.78. The molecule has 2 heterocycles. The number of nitrogens with zero attached hydrogens (tertiary/aromatic N) is 3. The summed E-state index contributed by atoms with van der Waals surface area (Å²) in [6, 6.07) is 8.78. The van der Waals surface area contributed by atoms with Crippen LogP contribution in [0.25, 0.3) is 11.4 Å². The van der Waals surface area contributed by atoms with E-state index in [4.69, 9.17) is 27.7 Å². The van der Waals surface area contributed by atoms with Gasteiger partial charge >= 0.3 is 0 Å². The Morgan fingerprint density at radius 1 is 1.24 bits per heavy atom. The zero-order valence-electron chi connectivity index (χ0n) is 13.1. The lowest BCUT2D eigenvalue weighted by Gasteiger charge is -2.06. The van der Waals surface area contributed by atoms with Gasteiger partial charge in [0.15, 0.2) is 0 Å². The molecule has 8 heteroatoms. The van der Waals surface area contributed by atoms with Crippen LogP contribution >= 0.6 is 23.2 Å². The number of benzene rings is 1. The number of carbonyl (C=O) groups is 1. The van der Waals surface area contributed by atoms with Crippen LogP contribution in [0.4, 0.5) is 0 Å². The van der Waals surface area contributed by atoms with Crippen molar-refractivity contribution in [1.82, 2.24) is 20.4 Å². The summed E-state index contributed by atoms with van der Waals surface area (Å²) in [5, 5.41) is 7.77. The zero-order valence-corrected chi connectivity index (χ0v) is 14.6. The number of halogens is 2. The van der Waals surface area contributed by atoms with Crippen LogP contribution in [0.2, 0.25) is 10.0 Å². The maximum atomic E-state index is 12.0. The molecule has 0 aliphatic rings. The van der Waals surface area contributed by atoms with Gasteiger partial charge in [0.2, 0.25) is 17.6 Å². The largest absolute Gasteiger partial charge is 0.352 e. The second kappa shape index (κ2) is 8.09. The van der Waals surface area contributed by atoms with Gasteiger partial charge in [0.05, 0.1) is 0 Å². The van der Waals surface area contributed by atoms with Crippen molar-refractivity contribution in [2.75, 3.05) is 0 Å². The lowest BCUT2D eigenvalue weighted by atomic mass is 10.2. The number of hydrogen-bond donors (Lipinski definition) is 1. The summed E-state index contributed by atoms with van der Waals surface area (Å²) < 4.78 is 5.16. The predicted octanol–water partition coefficient (Wildman–Crippen LogP) is 3.69. The predicted molar refractivity (Wildman–Crippen MR) is 94.2 cm³/mol. The van der Waals surface area contributed by atoms with Crippen LogP contribution in [-0.2, 0) is 17.8 Å². The quantitative estimate of drug-likeness (QED) is 0.709. The van der Waals surface area contributed by atoms with Crippen LogP contribution in [0.5, 0.6) is 0 Å². The van der Waals surface area contributed by atoms with Gasteiger partial charge in [-0.1, -0.05) is 34.4 Å². The minimum absolute atomic E-state index is 0.132. The number of nitrogens with one attached hydrogen (secondary N) is 1. The summed E-state index contributed by atoms with van der Waals surface area (Å²) in [6.45, 7) is 0.333. The van der Waals surface area contributed by atoms with E-state index in [9.17, 15) is 4.79 Å². The first-order valence-electron chi connectivity index (χ1n) is 7.55. The van der Waals surface area contributed by atoms with Gasteiger partial charge in [-0.3, -0.25) is 9.78 Å². The maximum Gasteiger partial charge on any atom is 0.227 e. The molecule has 0 fully saturated rings. The molecule has 0 bridgehead atoms. The molecule has 25 heavy (non-hydrogen) atoms. The molecule has 0 spiro atoms. The molecule has 1 aromatic carbocycles. The van der Waals surface area contributed by atoms with E-state index in [0.717, 1.165) is 11.1 Å². The van der Waals surface area contributed by atoms with Crippen LogP contribution in [0.3, 0.4) is 0 Å². The Hall–Kier alpha value is -2.44. The Morgan fingerprint density at radius 3 is 2.88 bits per heavy atom. The first kappa shape index (κ1) is 17.4. The Balaban J connectivity index is 1.50. The highest BCUT2D eigenvalue weighted by atomic mass is 35.5. The summed E-state index contributed by atoms with van der Waals surface area (Å²) in [6.07, 6.45) is 3.91. The first-order valence-corrected chi connectivity index (χ1v) is 8.31. The van der Waals surface area contributed by atoms with Gasteiger partial charge in [-0.25, -0.2) is 0 Å². The van der Waals surface area contributed by atoms with Gasteiger partial charge < -0.3 is 9.84 Å². The lowest BCUT2D eigenvalue weighted by molar-refractivity contribution is -0.121. The Bertz CT molecular complexity index is 868. The Kier molecular flexibility index (Phi) is 5.63. The molecule has 1 N–H and O–H groups in total. The lowest BCUT2D eigenvalue weighted by Crippen LogP contribution is -2.23. The highest BCUT2D eigenvalue weighted by Crippen LogP contribution is 2.20. The monoisotopic (exact) mass is 376 g/mol. The van der Waals surface area contributed by atoms with Gasteiger partial charge in [-0.05, 0) is 29.8 Å². The second-order valence-corrected chi connectivity index (χ2v) is 6.11. The minimum atomic E-state index is -0.132. The van der Waals surface area contributed by atoms with Crippen molar-refractivity contribution in [2.45, 2.75) is 19.4 Å². The van der Waals surface area contributed by atoms with Crippen LogP contribution < -0.4 is 5.32 Å². The fraction of sp³-hybridized carbons (Fsp3) is 0.176. The third-order valence-electron chi connectivity index (χ3n) is 3.44.